The Morgan fingerprint density at radius 2 is 1.89 bits per heavy atom. The van der Waals surface area contributed by atoms with E-state index in [0.717, 1.165) is 18.8 Å². The summed E-state index contributed by atoms with van der Waals surface area (Å²) in [5.74, 6) is 0.879. The normalized spacial score (nSPS) is 15.8. The van der Waals surface area contributed by atoms with Gasteiger partial charge in [0.1, 0.15) is 0 Å². The lowest BCUT2D eigenvalue weighted by molar-refractivity contribution is -0.116. The zero-order valence-electron chi connectivity index (χ0n) is 10.6. The summed E-state index contributed by atoms with van der Waals surface area (Å²) in [5, 5.41) is 2.81. The third-order valence-electron chi connectivity index (χ3n) is 3.09. The number of amides is 1. The van der Waals surface area contributed by atoms with Crippen LogP contribution in [0.3, 0.4) is 0 Å². The van der Waals surface area contributed by atoms with Gasteiger partial charge in [0.05, 0.1) is 0 Å². The minimum absolute atomic E-state index is 0.0205. The van der Waals surface area contributed by atoms with E-state index in [9.17, 15) is 9.00 Å². The second kappa shape index (κ2) is 6.68. The van der Waals surface area contributed by atoms with Gasteiger partial charge in [-0.25, -0.2) is 4.21 Å². The summed E-state index contributed by atoms with van der Waals surface area (Å²) in [6.07, 6.45) is 5.29. The molecule has 0 radical (unpaired) electrons. The fourth-order valence-corrected chi connectivity index (χ4v) is 2.24. The first-order chi connectivity index (χ1) is 9.13. The predicted octanol–water partition coefficient (Wildman–Crippen LogP) is 2.75. The molecule has 1 unspecified atom stereocenters. The van der Waals surface area contributed by atoms with Crippen LogP contribution in [0, 0.1) is 5.92 Å². The molecule has 3 N–H and O–H groups in total. The van der Waals surface area contributed by atoms with Crippen LogP contribution in [0.25, 0.3) is 0 Å². The minimum atomic E-state index is -2.07. The highest BCUT2D eigenvalue weighted by atomic mass is 32.2. The molecular weight excluding hydrogens is 264 g/mol. The van der Waals surface area contributed by atoms with Gasteiger partial charge in [-0.15, -0.1) is 0 Å². The van der Waals surface area contributed by atoms with Crippen molar-refractivity contribution < 1.29 is 13.6 Å². The van der Waals surface area contributed by atoms with Gasteiger partial charge in [0, 0.05) is 17.8 Å². The van der Waals surface area contributed by atoms with Crippen LogP contribution in [-0.2, 0) is 16.1 Å². The number of hydrogen-bond acceptors (Lipinski definition) is 2. The molecule has 6 heteroatoms. The van der Waals surface area contributed by atoms with Crippen LogP contribution in [-0.4, -0.2) is 14.7 Å². The third kappa shape index (κ3) is 5.40. The monoisotopic (exact) mass is 282 g/mol. The molecular formula is C13H18N2O3S. The lowest BCUT2D eigenvalue weighted by Gasteiger charge is -2.06. The average molecular weight is 282 g/mol. The van der Waals surface area contributed by atoms with Gasteiger partial charge < -0.3 is 5.32 Å². The molecule has 1 aliphatic rings. The number of hydrogen-bond donors (Lipinski definition) is 3. The maximum Gasteiger partial charge on any atom is 0.259 e. The van der Waals surface area contributed by atoms with Crippen molar-refractivity contribution in [3.63, 3.8) is 0 Å². The van der Waals surface area contributed by atoms with Crippen LogP contribution in [0.5, 0.6) is 0 Å². The molecule has 1 fully saturated rings. The van der Waals surface area contributed by atoms with Crippen LogP contribution in [0.2, 0.25) is 0 Å². The quantitative estimate of drug-likeness (QED) is 0.673. The topological polar surface area (TPSA) is 78.4 Å². The zero-order chi connectivity index (χ0) is 13.7. The maximum absolute atomic E-state index is 11.7. The maximum atomic E-state index is 11.7. The van der Waals surface area contributed by atoms with Crippen LogP contribution in [0.15, 0.2) is 24.3 Å². The number of carbonyl (C=O) groups excluding carboxylic acids is 1. The summed E-state index contributed by atoms with van der Waals surface area (Å²) >= 11 is -2.07. The molecule has 0 aromatic heterocycles. The minimum Gasteiger partial charge on any atom is -0.326 e. The molecule has 1 atom stereocenters. The Labute approximate surface area is 115 Å². The Bertz CT molecular complexity index is 457. The zero-order valence-corrected chi connectivity index (χ0v) is 11.4. The Morgan fingerprint density at radius 3 is 2.47 bits per heavy atom. The van der Waals surface area contributed by atoms with Crippen molar-refractivity contribution in [3.8, 4) is 0 Å². The lowest BCUT2D eigenvalue weighted by atomic mass is 10.1. The average Bonchev–Trinajstić information content (AvgIpc) is 3.15. The molecule has 19 heavy (non-hydrogen) atoms. The molecule has 1 aromatic rings. The molecule has 1 saturated carbocycles. The predicted molar refractivity (Wildman–Crippen MR) is 76.0 cm³/mol. The van der Waals surface area contributed by atoms with Crippen LogP contribution in [0.4, 0.5) is 11.4 Å². The summed E-state index contributed by atoms with van der Waals surface area (Å²) in [4.78, 5) is 11.7. The molecule has 0 aliphatic heterocycles. The van der Waals surface area contributed by atoms with Crippen molar-refractivity contribution >= 4 is 28.5 Å². The highest BCUT2D eigenvalue weighted by molar-refractivity contribution is 7.80. The second-order valence-electron chi connectivity index (χ2n) is 4.81. The number of carbonyl (C=O) groups is 1. The van der Waals surface area contributed by atoms with Crippen molar-refractivity contribution in [3.05, 3.63) is 24.3 Å². The molecule has 0 heterocycles. The molecule has 0 saturated heterocycles. The van der Waals surface area contributed by atoms with Gasteiger partial charge in [-0.05, 0) is 43.0 Å². The van der Waals surface area contributed by atoms with Crippen LogP contribution >= 0.6 is 0 Å². The summed E-state index contributed by atoms with van der Waals surface area (Å²) in [5.41, 5.74) is 1.23. The molecule has 5 nitrogen and oxygen atoms in total. The molecule has 0 bridgehead atoms. The highest BCUT2D eigenvalue weighted by Crippen LogP contribution is 2.33. The van der Waals surface area contributed by atoms with Crippen molar-refractivity contribution in [2.24, 2.45) is 5.92 Å². The number of benzene rings is 1. The Hall–Kier alpha value is -1.40. The van der Waals surface area contributed by atoms with Gasteiger partial charge in [-0.3, -0.25) is 14.1 Å². The van der Waals surface area contributed by atoms with Gasteiger partial charge in [0.25, 0.3) is 11.3 Å². The fourth-order valence-electron chi connectivity index (χ4n) is 1.90. The van der Waals surface area contributed by atoms with Crippen molar-refractivity contribution in [1.29, 1.82) is 0 Å². The number of nitrogens with one attached hydrogen (secondary N) is 2. The SMILES string of the molecule is O=C(CCCC1CC1)Nc1ccc(NS(=O)O)cc1. The van der Waals surface area contributed by atoms with Gasteiger partial charge in [-0.1, -0.05) is 12.8 Å². The van der Waals surface area contributed by atoms with E-state index in [1.165, 1.54) is 12.8 Å². The van der Waals surface area contributed by atoms with Crippen LogP contribution < -0.4 is 10.0 Å². The molecule has 0 spiro atoms. The van der Waals surface area contributed by atoms with Gasteiger partial charge in [-0.2, -0.15) is 0 Å². The van der Waals surface area contributed by atoms with Crippen molar-refractivity contribution in [2.45, 2.75) is 32.1 Å². The smallest absolute Gasteiger partial charge is 0.259 e. The van der Waals surface area contributed by atoms with E-state index < -0.39 is 11.3 Å². The van der Waals surface area contributed by atoms with E-state index >= 15 is 0 Å². The number of rotatable bonds is 7. The summed E-state index contributed by atoms with van der Waals surface area (Å²) in [6, 6.07) is 6.70. The summed E-state index contributed by atoms with van der Waals surface area (Å²) in [7, 11) is 0. The molecule has 1 amide bonds. The molecule has 1 aromatic carbocycles. The fraction of sp³-hybridized carbons (Fsp3) is 0.462. The number of anilines is 2. The van der Waals surface area contributed by atoms with Crippen LogP contribution in [0.1, 0.15) is 32.1 Å². The largest absolute Gasteiger partial charge is 0.326 e. The van der Waals surface area contributed by atoms with E-state index in [-0.39, 0.29) is 5.91 Å². The first-order valence-electron chi connectivity index (χ1n) is 6.41. The van der Waals surface area contributed by atoms with Crippen molar-refractivity contribution in [2.75, 3.05) is 10.0 Å². The second-order valence-corrected chi connectivity index (χ2v) is 5.51. The Morgan fingerprint density at radius 1 is 1.26 bits per heavy atom. The standard InChI is InChI=1S/C13H18N2O3S/c16-13(3-1-2-10-4-5-10)14-11-6-8-12(9-7-11)15-19(17)18/h6-10,15H,1-5H2,(H,14,16)(H,17,18). The van der Waals surface area contributed by atoms with E-state index in [1.807, 2.05) is 0 Å². The van der Waals surface area contributed by atoms with E-state index in [0.29, 0.717) is 17.8 Å². The lowest BCUT2D eigenvalue weighted by Crippen LogP contribution is -2.11. The molecule has 1 aliphatic carbocycles. The summed E-state index contributed by atoms with van der Waals surface area (Å²) < 4.78 is 21.6. The van der Waals surface area contributed by atoms with E-state index in [2.05, 4.69) is 10.0 Å². The Balaban J connectivity index is 1.74. The highest BCUT2D eigenvalue weighted by Gasteiger charge is 2.20. The van der Waals surface area contributed by atoms with E-state index in [1.54, 1.807) is 24.3 Å². The van der Waals surface area contributed by atoms with Gasteiger partial charge >= 0.3 is 0 Å². The van der Waals surface area contributed by atoms with Crippen molar-refractivity contribution in [1.82, 2.24) is 0 Å². The summed E-state index contributed by atoms with van der Waals surface area (Å²) in [6.45, 7) is 0. The van der Waals surface area contributed by atoms with Gasteiger partial charge in [0.2, 0.25) is 5.91 Å². The Kier molecular flexibility index (Phi) is 4.93. The first kappa shape index (κ1) is 14.0. The van der Waals surface area contributed by atoms with E-state index in [4.69, 9.17) is 4.55 Å². The van der Waals surface area contributed by atoms with Gasteiger partial charge in [0.15, 0.2) is 0 Å². The molecule has 2 rings (SSSR count). The third-order valence-corrected chi connectivity index (χ3v) is 3.50. The first-order valence-corrected chi connectivity index (χ1v) is 7.51. The molecule has 104 valence electrons.